The molecule has 0 saturated carbocycles. The molecule has 170 valence electrons. The van der Waals surface area contributed by atoms with Gasteiger partial charge in [-0.3, -0.25) is 14.2 Å². The second kappa shape index (κ2) is 10.2. The van der Waals surface area contributed by atoms with E-state index < -0.39 is 5.25 Å². The third-order valence-corrected chi connectivity index (χ3v) is 7.31. The number of nitrogens with one attached hydrogen (secondary N) is 1. The van der Waals surface area contributed by atoms with E-state index in [1.54, 1.807) is 42.0 Å². The van der Waals surface area contributed by atoms with Gasteiger partial charge in [0.25, 0.3) is 5.56 Å². The summed E-state index contributed by atoms with van der Waals surface area (Å²) in [5.41, 5.74) is 1.77. The van der Waals surface area contributed by atoms with Gasteiger partial charge in [0.15, 0.2) is 5.16 Å². The number of thiophene rings is 1. The number of para-hydroxylation sites is 2. The van der Waals surface area contributed by atoms with Crippen LogP contribution in [0.2, 0.25) is 0 Å². The predicted molar refractivity (Wildman–Crippen MR) is 131 cm³/mol. The third-order valence-electron chi connectivity index (χ3n) is 5.06. The number of thioether (sulfide) groups is 1. The maximum absolute atomic E-state index is 13.4. The van der Waals surface area contributed by atoms with Crippen LogP contribution in [0.25, 0.3) is 10.2 Å². The molecule has 33 heavy (non-hydrogen) atoms. The molecule has 0 bridgehead atoms. The lowest BCUT2D eigenvalue weighted by Crippen LogP contribution is -2.28. The smallest absolute Gasteiger partial charge is 0.272 e. The first-order valence-corrected chi connectivity index (χ1v) is 12.1. The summed E-state index contributed by atoms with van der Waals surface area (Å²) in [5.74, 6) is 0.0170. The van der Waals surface area contributed by atoms with Gasteiger partial charge in [-0.1, -0.05) is 43.0 Å². The monoisotopic (exact) mass is 483 g/mol. The van der Waals surface area contributed by atoms with E-state index in [-0.39, 0.29) is 23.8 Å². The van der Waals surface area contributed by atoms with E-state index in [1.165, 1.54) is 35.2 Å². The maximum atomic E-state index is 13.4. The Hall–Kier alpha value is -3.17. The molecule has 0 saturated heterocycles. The van der Waals surface area contributed by atoms with E-state index in [1.807, 2.05) is 24.4 Å². The number of amides is 1. The molecule has 0 spiro atoms. The minimum atomic E-state index is -0.489. The molecule has 2 heterocycles. The number of anilines is 1. The van der Waals surface area contributed by atoms with E-state index >= 15 is 0 Å². The van der Waals surface area contributed by atoms with Crippen LogP contribution in [-0.2, 0) is 11.3 Å². The largest absolute Gasteiger partial charge is 0.495 e. The van der Waals surface area contributed by atoms with Crippen LogP contribution in [0, 0.1) is 5.82 Å². The van der Waals surface area contributed by atoms with Crippen LogP contribution < -0.4 is 15.6 Å². The third kappa shape index (κ3) is 5.09. The average molecular weight is 484 g/mol. The summed E-state index contributed by atoms with van der Waals surface area (Å²) >= 11 is 2.57. The van der Waals surface area contributed by atoms with E-state index in [0.717, 1.165) is 5.56 Å². The Balaban J connectivity index is 1.66. The van der Waals surface area contributed by atoms with Crippen molar-refractivity contribution in [1.82, 2.24) is 9.55 Å². The van der Waals surface area contributed by atoms with Crippen molar-refractivity contribution in [2.24, 2.45) is 0 Å². The van der Waals surface area contributed by atoms with Gasteiger partial charge >= 0.3 is 0 Å². The molecular weight excluding hydrogens is 461 g/mol. The lowest BCUT2D eigenvalue weighted by molar-refractivity contribution is -0.115. The highest BCUT2D eigenvalue weighted by Gasteiger charge is 2.23. The fourth-order valence-corrected chi connectivity index (χ4v) is 5.13. The van der Waals surface area contributed by atoms with Crippen LogP contribution in [0.1, 0.15) is 18.9 Å². The molecule has 2 aromatic carbocycles. The normalized spacial score (nSPS) is 12.0. The van der Waals surface area contributed by atoms with E-state index in [4.69, 9.17) is 4.74 Å². The number of hydrogen-bond donors (Lipinski definition) is 1. The fraction of sp³-hybridized carbons (Fsp3) is 0.208. The number of hydrogen-bond acceptors (Lipinski definition) is 6. The number of carbonyl (C=O) groups excluding carboxylic acids is 1. The van der Waals surface area contributed by atoms with Crippen molar-refractivity contribution in [3.8, 4) is 5.75 Å². The van der Waals surface area contributed by atoms with Crippen LogP contribution in [0.5, 0.6) is 5.75 Å². The first kappa shape index (κ1) is 23.0. The first-order chi connectivity index (χ1) is 16.0. The van der Waals surface area contributed by atoms with Crippen molar-refractivity contribution in [2.45, 2.75) is 30.3 Å². The Labute approximate surface area is 198 Å². The molecule has 1 amide bonds. The summed E-state index contributed by atoms with van der Waals surface area (Å²) in [4.78, 5) is 31.0. The standard InChI is InChI=1S/C24H22FN3O3S2/c1-3-20(22(29)26-17-6-4-5-7-19(17)31-2)33-24-27-18-12-13-32-21(18)23(30)28(24)14-15-8-10-16(25)11-9-15/h4-13,20H,3,14H2,1-2H3,(H,26,29). The van der Waals surface area contributed by atoms with Crippen molar-refractivity contribution >= 4 is 44.9 Å². The number of benzene rings is 2. The topological polar surface area (TPSA) is 73.2 Å². The zero-order chi connectivity index (χ0) is 23.4. The molecule has 9 heteroatoms. The summed E-state index contributed by atoms with van der Waals surface area (Å²) < 4.78 is 20.8. The SMILES string of the molecule is CCC(Sc1nc2ccsc2c(=O)n1Cc1ccc(F)cc1)C(=O)Nc1ccccc1OC. The van der Waals surface area contributed by atoms with Gasteiger partial charge < -0.3 is 10.1 Å². The van der Waals surface area contributed by atoms with Gasteiger partial charge in [-0.25, -0.2) is 9.37 Å². The lowest BCUT2D eigenvalue weighted by atomic mass is 10.2. The molecular formula is C24H22FN3O3S2. The maximum Gasteiger partial charge on any atom is 0.272 e. The van der Waals surface area contributed by atoms with Gasteiger partial charge in [0, 0.05) is 0 Å². The number of nitrogens with zero attached hydrogens (tertiary/aromatic N) is 2. The van der Waals surface area contributed by atoms with E-state index in [0.29, 0.717) is 33.2 Å². The number of halogens is 1. The molecule has 4 rings (SSSR count). The quantitative estimate of drug-likeness (QED) is 0.277. The number of ether oxygens (including phenoxy) is 1. The predicted octanol–water partition coefficient (Wildman–Crippen LogP) is 5.16. The molecule has 6 nitrogen and oxygen atoms in total. The molecule has 0 fully saturated rings. The summed E-state index contributed by atoms with van der Waals surface area (Å²) in [6.07, 6.45) is 0.528. The zero-order valence-corrected chi connectivity index (χ0v) is 19.7. The number of methoxy groups -OCH3 is 1. The Bertz CT molecular complexity index is 1340. The minimum absolute atomic E-state index is 0.179. The van der Waals surface area contributed by atoms with Crippen molar-refractivity contribution in [2.75, 3.05) is 12.4 Å². The highest BCUT2D eigenvalue weighted by Crippen LogP contribution is 2.29. The first-order valence-electron chi connectivity index (χ1n) is 10.3. The van der Waals surface area contributed by atoms with Crippen LogP contribution in [0.15, 0.2) is 69.9 Å². The molecule has 1 unspecified atom stereocenters. The molecule has 2 aromatic heterocycles. The van der Waals surface area contributed by atoms with Gasteiger partial charge in [0.05, 0.1) is 30.1 Å². The highest BCUT2D eigenvalue weighted by atomic mass is 32.2. The molecule has 0 aliphatic heterocycles. The number of carbonyl (C=O) groups is 1. The summed E-state index contributed by atoms with van der Waals surface area (Å²) in [6.45, 7) is 2.14. The van der Waals surface area contributed by atoms with Gasteiger partial charge in [-0.15, -0.1) is 11.3 Å². The molecule has 1 N–H and O–H groups in total. The second-order valence-corrected chi connectivity index (χ2v) is 9.34. The molecule has 4 aromatic rings. The average Bonchev–Trinajstić information content (AvgIpc) is 3.30. The number of rotatable bonds is 8. The van der Waals surface area contributed by atoms with Crippen molar-refractivity contribution in [3.63, 3.8) is 0 Å². The summed E-state index contributed by atoms with van der Waals surface area (Å²) in [5, 5.41) is 4.69. The van der Waals surface area contributed by atoms with Gasteiger partial charge in [0.1, 0.15) is 16.3 Å². The van der Waals surface area contributed by atoms with Crippen molar-refractivity contribution < 1.29 is 13.9 Å². The summed E-state index contributed by atoms with van der Waals surface area (Å²) in [7, 11) is 1.55. The Morgan fingerprint density at radius 3 is 2.70 bits per heavy atom. The van der Waals surface area contributed by atoms with Crippen LogP contribution in [0.4, 0.5) is 10.1 Å². The number of fused-ring (bicyclic) bond motifs is 1. The molecule has 1 atom stereocenters. The van der Waals surface area contributed by atoms with Gasteiger partial charge in [0.2, 0.25) is 5.91 Å². The second-order valence-electron chi connectivity index (χ2n) is 7.25. The fourth-order valence-electron chi connectivity index (χ4n) is 3.34. The Kier molecular flexibility index (Phi) is 7.10. The molecule has 0 aliphatic carbocycles. The van der Waals surface area contributed by atoms with Crippen LogP contribution >= 0.6 is 23.1 Å². The molecule has 0 aliphatic rings. The van der Waals surface area contributed by atoms with E-state index in [2.05, 4.69) is 10.3 Å². The van der Waals surface area contributed by atoms with Crippen LogP contribution in [-0.4, -0.2) is 27.8 Å². The Morgan fingerprint density at radius 1 is 1.21 bits per heavy atom. The van der Waals surface area contributed by atoms with E-state index in [9.17, 15) is 14.0 Å². The van der Waals surface area contributed by atoms with Crippen molar-refractivity contribution in [1.29, 1.82) is 0 Å². The zero-order valence-electron chi connectivity index (χ0n) is 18.1. The highest BCUT2D eigenvalue weighted by molar-refractivity contribution is 8.00. The Morgan fingerprint density at radius 2 is 1.97 bits per heavy atom. The van der Waals surface area contributed by atoms with Gasteiger partial charge in [-0.05, 0) is 47.7 Å². The van der Waals surface area contributed by atoms with Crippen molar-refractivity contribution in [3.05, 3.63) is 81.7 Å². The number of aromatic nitrogens is 2. The lowest BCUT2D eigenvalue weighted by Gasteiger charge is -2.18. The minimum Gasteiger partial charge on any atom is -0.495 e. The molecule has 0 radical (unpaired) electrons. The van der Waals surface area contributed by atoms with Gasteiger partial charge in [-0.2, -0.15) is 0 Å². The van der Waals surface area contributed by atoms with Crippen LogP contribution in [0.3, 0.4) is 0 Å². The summed E-state index contributed by atoms with van der Waals surface area (Å²) in [6, 6.07) is 15.0.